The maximum Gasteiger partial charge on any atom is 0.0205 e. The summed E-state index contributed by atoms with van der Waals surface area (Å²) in [5.74, 6) is 3.43. The minimum Gasteiger partial charge on any atom is -0.316 e. The van der Waals surface area contributed by atoms with E-state index in [1.807, 2.05) is 18.8 Å². The van der Waals surface area contributed by atoms with Gasteiger partial charge in [0.25, 0.3) is 0 Å². The van der Waals surface area contributed by atoms with Crippen LogP contribution in [0.2, 0.25) is 0 Å². The molecule has 1 heterocycles. The van der Waals surface area contributed by atoms with Crippen LogP contribution in [0.25, 0.3) is 0 Å². The minimum atomic E-state index is 0.814. The zero-order valence-electron chi connectivity index (χ0n) is 7.92. The number of benzene rings is 1. The van der Waals surface area contributed by atoms with Crippen LogP contribution in [-0.2, 0) is 6.54 Å². The van der Waals surface area contributed by atoms with E-state index in [4.69, 9.17) is 0 Å². The van der Waals surface area contributed by atoms with Crippen molar-refractivity contribution in [2.75, 3.05) is 18.6 Å². The second-order valence-electron chi connectivity index (χ2n) is 3.46. The van der Waals surface area contributed by atoms with Gasteiger partial charge in [0.15, 0.2) is 0 Å². The van der Waals surface area contributed by atoms with E-state index in [9.17, 15) is 0 Å². The quantitative estimate of drug-likeness (QED) is 0.790. The Morgan fingerprint density at radius 3 is 2.77 bits per heavy atom. The summed E-state index contributed by atoms with van der Waals surface area (Å²) in [5, 5.41) is 3.22. The second kappa shape index (κ2) is 4.16. The van der Waals surface area contributed by atoms with Crippen molar-refractivity contribution in [2.45, 2.75) is 12.5 Å². The van der Waals surface area contributed by atoms with E-state index in [-0.39, 0.29) is 0 Å². The van der Waals surface area contributed by atoms with Crippen molar-refractivity contribution in [3.8, 4) is 0 Å². The van der Waals surface area contributed by atoms with Crippen molar-refractivity contribution in [2.24, 2.45) is 0 Å². The standard InChI is InChI=1S/C11H15NS/c1-12-6-9-4-2-3-5-11(9)10-7-13-8-10/h2-5,10,12H,6-8H2,1H3. The predicted octanol–water partition coefficient (Wildman–Crippen LogP) is 2.24. The molecule has 70 valence electrons. The molecule has 2 rings (SSSR count). The van der Waals surface area contributed by atoms with E-state index >= 15 is 0 Å². The van der Waals surface area contributed by atoms with Gasteiger partial charge in [-0.05, 0) is 18.2 Å². The lowest BCUT2D eigenvalue weighted by Gasteiger charge is -2.27. The van der Waals surface area contributed by atoms with Crippen molar-refractivity contribution in [1.82, 2.24) is 5.32 Å². The molecule has 1 aliphatic rings. The van der Waals surface area contributed by atoms with Gasteiger partial charge in [0.1, 0.15) is 0 Å². The largest absolute Gasteiger partial charge is 0.316 e. The lowest BCUT2D eigenvalue weighted by Crippen LogP contribution is -2.19. The molecule has 0 saturated carbocycles. The van der Waals surface area contributed by atoms with Gasteiger partial charge in [0.05, 0.1) is 0 Å². The maximum absolute atomic E-state index is 3.22. The van der Waals surface area contributed by atoms with Gasteiger partial charge in [0, 0.05) is 24.0 Å². The summed E-state index contributed by atoms with van der Waals surface area (Å²) in [6.07, 6.45) is 0. The molecule has 1 nitrogen and oxygen atoms in total. The third-order valence-corrected chi connectivity index (χ3v) is 3.78. The molecule has 0 unspecified atom stereocenters. The highest BCUT2D eigenvalue weighted by molar-refractivity contribution is 8.00. The fourth-order valence-corrected chi connectivity index (χ4v) is 2.53. The monoisotopic (exact) mass is 193 g/mol. The fourth-order valence-electron chi connectivity index (χ4n) is 1.70. The number of hydrogen-bond acceptors (Lipinski definition) is 2. The van der Waals surface area contributed by atoms with Crippen LogP contribution in [0, 0.1) is 0 Å². The normalized spacial score (nSPS) is 17.0. The highest BCUT2D eigenvalue weighted by Gasteiger charge is 2.21. The molecular formula is C11H15NS. The van der Waals surface area contributed by atoms with Crippen LogP contribution in [0.15, 0.2) is 24.3 Å². The third-order valence-electron chi connectivity index (χ3n) is 2.50. The van der Waals surface area contributed by atoms with E-state index in [1.165, 1.54) is 17.1 Å². The van der Waals surface area contributed by atoms with Crippen LogP contribution in [0.5, 0.6) is 0 Å². The van der Waals surface area contributed by atoms with Crippen LogP contribution in [0.3, 0.4) is 0 Å². The first-order valence-electron chi connectivity index (χ1n) is 4.72. The molecule has 0 aliphatic carbocycles. The molecular weight excluding hydrogens is 178 g/mol. The first-order chi connectivity index (χ1) is 6.42. The molecule has 0 atom stereocenters. The molecule has 2 heteroatoms. The topological polar surface area (TPSA) is 12.0 Å². The van der Waals surface area contributed by atoms with E-state index in [0.717, 1.165) is 12.5 Å². The van der Waals surface area contributed by atoms with E-state index < -0.39 is 0 Å². The van der Waals surface area contributed by atoms with Gasteiger partial charge in [-0.2, -0.15) is 11.8 Å². The molecule has 0 amide bonds. The van der Waals surface area contributed by atoms with Crippen LogP contribution in [0.1, 0.15) is 17.0 Å². The SMILES string of the molecule is CNCc1ccccc1C1CSC1. The summed E-state index contributed by atoms with van der Waals surface area (Å²) in [6.45, 7) is 0.997. The van der Waals surface area contributed by atoms with Gasteiger partial charge < -0.3 is 5.32 Å². The number of thioether (sulfide) groups is 1. The minimum absolute atomic E-state index is 0.814. The summed E-state index contributed by atoms with van der Waals surface area (Å²) >= 11 is 2.05. The molecule has 1 aromatic rings. The summed E-state index contributed by atoms with van der Waals surface area (Å²) in [6, 6.07) is 8.78. The van der Waals surface area contributed by atoms with E-state index in [0.29, 0.717) is 0 Å². The Kier molecular flexibility index (Phi) is 2.91. The average Bonchev–Trinajstić information content (AvgIpc) is 2.05. The molecule has 0 radical (unpaired) electrons. The summed E-state index contributed by atoms with van der Waals surface area (Å²) in [5.41, 5.74) is 3.02. The van der Waals surface area contributed by atoms with Gasteiger partial charge in [-0.25, -0.2) is 0 Å². The van der Waals surface area contributed by atoms with Gasteiger partial charge in [0.2, 0.25) is 0 Å². The molecule has 0 aromatic heterocycles. The first-order valence-corrected chi connectivity index (χ1v) is 5.87. The Morgan fingerprint density at radius 1 is 1.38 bits per heavy atom. The first kappa shape index (κ1) is 9.10. The van der Waals surface area contributed by atoms with Crippen molar-refractivity contribution < 1.29 is 0 Å². The van der Waals surface area contributed by atoms with Gasteiger partial charge in [-0.1, -0.05) is 24.3 Å². The summed E-state index contributed by atoms with van der Waals surface area (Å²) < 4.78 is 0. The predicted molar refractivity (Wildman–Crippen MR) is 59.3 cm³/mol. The van der Waals surface area contributed by atoms with Crippen molar-refractivity contribution in [3.63, 3.8) is 0 Å². The molecule has 0 spiro atoms. The van der Waals surface area contributed by atoms with Crippen molar-refractivity contribution in [3.05, 3.63) is 35.4 Å². The van der Waals surface area contributed by atoms with E-state index in [1.54, 1.807) is 5.56 Å². The zero-order valence-corrected chi connectivity index (χ0v) is 8.73. The Labute approximate surface area is 83.9 Å². The summed E-state index contributed by atoms with van der Waals surface area (Å²) in [4.78, 5) is 0. The van der Waals surface area contributed by atoms with Gasteiger partial charge >= 0.3 is 0 Å². The number of nitrogens with one attached hydrogen (secondary N) is 1. The Hall–Kier alpha value is -0.470. The number of rotatable bonds is 3. The van der Waals surface area contributed by atoms with Crippen LogP contribution in [-0.4, -0.2) is 18.6 Å². The fraction of sp³-hybridized carbons (Fsp3) is 0.455. The molecule has 0 bridgehead atoms. The third kappa shape index (κ3) is 1.89. The maximum atomic E-state index is 3.22. The van der Waals surface area contributed by atoms with Crippen LogP contribution in [0.4, 0.5) is 0 Å². The lowest BCUT2D eigenvalue weighted by atomic mass is 9.96. The molecule has 13 heavy (non-hydrogen) atoms. The highest BCUT2D eigenvalue weighted by atomic mass is 32.2. The second-order valence-corrected chi connectivity index (χ2v) is 4.54. The summed E-state index contributed by atoms with van der Waals surface area (Å²) in [7, 11) is 2.01. The van der Waals surface area contributed by atoms with Crippen LogP contribution < -0.4 is 5.32 Å². The smallest absolute Gasteiger partial charge is 0.0205 e. The molecule has 1 aromatic carbocycles. The van der Waals surface area contributed by atoms with Gasteiger partial charge in [-0.3, -0.25) is 0 Å². The average molecular weight is 193 g/mol. The Bertz CT molecular complexity index is 281. The highest BCUT2D eigenvalue weighted by Crippen LogP contribution is 2.35. The van der Waals surface area contributed by atoms with E-state index in [2.05, 4.69) is 29.6 Å². The Morgan fingerprint density at radius 2 is 2.15 bits per heavy atom. The molecule has 1 saturated heterocycles. The van der Waals surface area contributed by atoms with Gasteiger partial charge in [-0.15, -0.1) is 0 Å². The zero-order chi connectivity index (χ0) is 9.10. The molecule has 1 aliphatic heterocycles. The molecule has 1 N–H and O–H groups in total. The number of hydrogen-bond donors (Lipinski definition) is 1. The van der Waals surface area contributed by atoms with Crippen molar-refractivity contribution in [1.29, 1.82) is 0 Å². The van der Waals surface area contributed by atoms with Crippen LogP contribution >= 0.6 is 11.8 Å². The lowest BCUT2D eigenvalue weighted by molar-refractivity contribution is 0.771. The molecule has 1 fully saturated rings. The van der Waals surface area contributed by atoms with Crippen molar-refractivity contribution >= 4 is 11.8 Å². The Balaban J connectivity index is 2.20.